The van der Waals surface area contributed by atoms with Crippen LogP contribution in [-0.2, 0) is 11.3 Å². The van der Waals surface area contributed by atoms with E-state index in [1.807, 2.05) is 0 Å². The smallest absolute Gasteiger partial charge is 0.127 e. The van der Waals surface area contributed by atoms with Crippen LogP contribution in [0.3, 0.4) is 0 Å². The fourth-order valence-electron chi connectivity index (χ4n) is 3.68. The molecule has 126 valence electrons. The van der Waals surface area contributed by atoms with Crippen LogP contribution in [0.15, 0.2) is 23.8 Å². The molecule has 2 rings (SSSR count). The number of benzene rings is 1. The molecule has 0 heterocycles. The van der Waals surface area contributed by atoms with Crippen LogP contribution >= 0.6 is 0 Å². The summed E-state index contributed by atoms with van der Waals surface area (Å²) in [7, 11) is 0. The Kier molecular flexibility index (Phi) is 6.00. The normalized spacial score (nSPS) is 20.9. The molecule has 0 amide bonds. The monoisotopic (exact) mass is 314 g/mol. The van der Waals surface area contributed by atoms with Gasteiger partial charge in [-0.2, -0.15) is 0 Å². The molecule has 2 N–H and O–H groups in total. The molecule has 0 aromatic heterocycles. The van der Waals surface area contributed by atoms with Crippen molar-refractivity contribution in [1.82, 2.24) is 0 Å². The minimum Gasteiger partial charge on any atom is -0.371 e. The van der Waals surface area contributed by atoms with Gasteiger partial charge in [0.1, 0.15) is 6.29 Å². The van der Waals surface area contributed by atoms with Gasteiger partial charge in [-0.1, -0.05) is 31.6 Å². The Labute approximate surface area is 140 Å². The summed E-state index contributed by atoms with van der Waals surface area (Å²) in [6.45, 7) is 11.3. The lowest BCUT2D eigenvalue weighted by Crippen LogP contribution is -2.25. The van der Waals surface area contributed by atoms with Crippen LogP contribution in [0.5, 0.6) is 0 Å². The second-order valence-corrected chi connectivity index (χ2v) is 6.61. The van der Waals surface area contributed by atoms with Crippen molar-refractivity contribution in [3.8, 4) is 0 Å². The molecule has 2 unspecified atom stereocenters. The topological polar surface area (TPSA) is 46.3 Å². The van der Waals surface area contributed by atoms with E-state index in [9.17, 15) is 4.79 Å². The summed E-state index contributed by atoms with van der Waals surface area (Å²) in [6, 6.07) is 6.48. The zero-order chi connectivity index (χ0) is 17.0. The highest BCUT2D eigenvalue weighted by Gasteiger charge is 2.31. The number of hydrogen-bond acceptors (Lipinski definition) is 3. The first-order chi connectivity index (χ1) is 11.1. The molecule has 1 aromatic rings. The number of carbonyl (C=O) groups is 1. The van der Waals surface area contributed by atoms with Crippen molar-refractivity contribution >= 4 is 17.5 Å². The molecule has 1 aliphatic carbocycles. The van der Waals surface area contributed by atoms with Gasteiger partial charge in [0.15, 0.2) is 0 Å². The van der Waals surface area contributed by atoms with E-state index in [-0.39, 0.29) is 5.92 Å². The largest absolute Gasteiger partial charge is 0.371 e. The fraction of sp³-hybridized carbons (Fsp3) is 0.550. The summed E-state index contributed by atoms with van der Waals surface area (Å²) in [5, 5.41) is 0. The summed E-state index contributed by atoms with van der Waals surface area (Å²) in [6.07, 6.45) is 3.16. The third kappa shape index (κ3) is 3.50. The van der Waals surface area contributed by atoms with Gasteiger partial charge < -0.3 is 15.4 Å². The second-order valence-electron chi connectivity index (χ2n) is 6.61. The Morgan fingerprint density at radius 2 is 2.09 bits per heavy atom. The Bertz CT molecular complexity index is 591. The average Bonchev–Trinajstić information content (AvgIpc) is 2.86. The molecule has 0 saturated carbocycles. The Morgan fingerprint density at radius 3 is 2.65 bits per heavy atom. The number of carbonyl (C=O) groups excluding carboxylic acids is 1. The van der Waals surface area contributed by atoms with E-state index >= 15 is 0 Å². The SMILES string of the molecule is CCCN(CC)c1cc(CN)ccc1C1=C(C)C(C)CC1C=O. The van der Waals surface area contributed by atoms with Gasteiger partial charge in [0.05, 0.1) is 0 Å². The standard InChI is InChI=1S/C20H30N2O/c1-5-9-22(6-2)19-11-16(12-21)7-8-18(19)20-15(4)14(3)10-17(20)13-23/h7-8,11,13-14,17H,5-6,9-10,12,21H2,1-4H3. The molecule has 1 aromatic carbocycles. The van der Waals surface area contributed by atoms with Gasteiger partial charge in [-0.05, 0) is 49.8 Å². The van der Waals surface area contributed by atoms with Crippen LogP contribution in [0.4, 0.5) is 5.69 Å². The minimum absolute atomic E-state index is 0.0211. The van der Waals surface area contributed by atoms with Gasteiger partial charge >= 0.3 is 0 Å². The van der Waals surface area contributed by atoms with Crippen molar-refractivity contribution in [3.05, 3.63) is 34.9 Å². The van der Waals surface area contributed by atoms with Crippen LogP contribution < -0.4 is 10.6 Å². The predicted molar refractivity (Wildman–Crippen MR) is 98.4 cm³/mol. The van der Waals surface area contributed by atoms with E-state index in [0.717, 1.165) is 37.8 Å². The molecule has 1 aliphatic rings. The average molecular weight is 314 g/mol. The zero-order valence-electron chi connectivity index (χ0n) is 14.9. The van der Waals surface area contributed by atoms with Gasteiger partial charge in [0.25, 0.3) is 0 Å². The lowest BCUT2D eigenvalue weighted by molar-refractivity contribution is -0.109. The van der Waals surface area contributed by atoms with Crippen molar-refractivity contribution in [2.24, 2.45) is 17.6 Å². The lowest BCUT2D eigenvalue weighted by Gasteiger charge is -2.27. The number of hydrogen-bond donors (Lipinski definition) is 1. The summed E-state index contributed by atoms with van der Waals surface area (Å²) in [5.41, 5.74) is 12.0. The van der Waals surface area contributed by atoms with E-state index in [1.165, 1.54) is 22.4 Å². The molecule has 23 heavy (non-hydrogen) atoms. The lowest BCUT2D eigenvalue weighted by atomic mass is 9.92. The number of anilines is 1. The number of allylic oxidation sites excluding steroid dienone is 2. The maximum Gasteiger partial charge on any atom is 0.127 e. The van der Waals surface area contributed by atoms with Gasteiger partial charge in [-0.3, -0.25) is 0 Å². The highest BCUT2D eigenvalue weighted by atomic mass is 16.1. The summed E-state index contributed by atoms with van der Waals surface area (Å²) < 4.78 is 0. The van der Waals surface area contributed by atoms with Crippen LogP contribution in [0.2, 0.25) is 0 Å². The highest BCUT2D eigenvalue weighted by Crippen LogP contribution is 2.44. The highest BCUT2D eigenvalue weighted by molar-refractivity contribution is 5.89. The van der Waals surface area contributed by atoms with Crippen LogP contribution in [0.1, 0.15) is 51.7 Å². The molecule has 3 heteroatoms. The minimum atomic E-state index is 0.0211. The zero-order valence-corrected chi connectivity index (χ0v) is 14.9. The fourth-order valence-corrected chi connectivity index (χ4v) is 3.68. The van der Waals surface area contributed by atoms with E-state index < -0.39 is 0 Å². The van der Waals surface area contributed by atoms with Crippen molar-refractivity contribution in [2.45, 2.75) is 47.1 Å². The van der Waals surface area contributed by atoms with E-state index in [4.69, 9.17) is 5.73 Å². The molecule has 0 bridgehead atoms. The summed E-state index contributed by atoms with van der Waals surface area (Å²) >= 11 is 0. The van der Waals surface area contributed by atoms with Crippen molar-refractivity contribution in [3.63, 3.8) is 0 Å². The molecule has 0 saturated heterocycles. The molecule has 0 radical (unpaired) electrons. The molecule has 0 aliphatic heterocycles. The van der Waals surface area contributed by atoms with Crippen LogP contribution in [0.25, 0.3) is 5.57 Å². The molecular weight excluding hydrogens is 284 g/mol. The van der Waals surface area contributed by atoms with Crippen molar-refractivity contribution in [2.75, 3.05) is 18.0 Å². The molecule has 0 spiro atoms. The number of nitrogens with zero attached hydrogens (tertiary/aromatic N) is 1. The predicted octanol–water partition coefficient (Wildman–Crippen LogP) is 4.01. The van der Waals surface area contributed by atoms with Crippen LogP contribution in [-0.4, -0.2) is 19.4 Å². The third-order valence-electron chi connectivity index (χ3n) is 5.11. The maximum absolute atomic E-state index is 11.6. The Balaban J connectivity index is 2.59. The molecule has 0 fully saturated rings. The van der Waals surface area contributed by atoms with Crippen molar-refractivity contribution in [1.29, 1.82) is 0 Å². The third-order valence-corrected chi connectivity index (χ3v) is 5.11. The van der Waals surface area contributed by atoms with Gasteiger partial charge in [0, 0.05) is 36.8 Å². The molecule has 2 atom stereocenters. The maximum atomic E-state index is 11.6. The quantitative estimate of drug-likeness (QED) is 0.774. The van der Waals surface area contributed by atoms with Crippen LogP contribution in [0, 0.1) is 11.8 Å². The molecular formula is C20H30N2O. The second kappa shape index (κ2) is 7.78. The Hall–Kier alpha value is -1.61. The van der Waals surface area contributed by atoms with Gasteiger partial charge in [0.2, 0.25) is 0 Å². The number of aldehydes is 1. The van der Waals surface area contributed by atoms with E-state index in [2.05, 4.69) is 50.8 Å². The first kappa shape index (κ1) is 17.7. The first-order valence-corrected chi connectivity index (χ1v) is 8.81. The first-order valence-electron chi connectivity index (χ1n) is 8.81. The summed E-state index contributed by atoms with van der Waals surface area (Å²) in [4.78, 5) is 14.0. The summed E-state index contributed by atoms with van der Waals surface area (Å²) in [5.74, 6) is 0.497. The van der Waals surface area contributed by atoms with E-state index in [0.29, 0.717) is 12.5 Å². The van der Waals surface area contributed by atoms with E-state index in [1.54, 1.807) is 0 Å². The Morgan fingerprint density at radius 1 is 1.35 bits per heavy atom. The number of rotatable bonds is 7. The van der Waals surface area contributed by atoms with Gasteiger partial charge in [-0.15, -0.1) is 0 Å². The molecule has 3 nitrogen and oxygen atoms in total. The van der Waals surface area contributed by atoms with Gasteiger partial charge in [-0.25, -0.2) is 0 Å². The number of nitrogens with two attached hydrogens (primary N) is 1. The van der Waals surface area contributed by atoms with Crippen molar-refractivity contribution < 1.29 is 4.79 Å².